The van der Waals surface area contributed by atoms with Crippen LogP contribution >= 0.6 is 38.9 Å². The first kappa shape index (κ1) is 14.4. The molecule has 2 aromatic rings. The summed E-state index contributed by atoms with van der Waals surface area (Å²) in [6.45, 7) is 0. The maximum atomic E-state index is 12.3. The molecule has 1 aliphatic carbocycles. The van der Waals surface area contributed by atoms with E-state index in [4.69, 9.17) is 11.6 Å². The van der Waals surface area contributed by atoms with Crippen LogP contribution in [0.2, 0.25) is 5.02 Å². The Kier molecular flexibility index (Phi) is 3.83. The van der Waals surface area contributed by atoms with E-state index < -0.39 is 10.0 Å². The van der Waals surface area contributed by atoms with Gasteiger partial charge < -0.3 is 0 Å². The fourth-order valence-electron chi connectivity index (χ4n) is 2.30. The lowest BCUT2D eigenvalue weighted by atomic mass is 10.1. The Bertz CT molecular complexity index is 751. The van der Waals surface area contributed by atoms with Crippen LogP contribution in [0, 0.1) is 0 Å². The number of sulfonamides is 1. The zero-order valence-electron chi connectivity index (χ0n) is 10.3. The molecule has 1 aromatic carbocycles. The molecular formula is C13H11BrClNO2S2. The molecule has 3 nitrogen and oxygen atoms in total. The smallest absolute Gasteiger partial charge is 0.271 e. The minimum atomic E-state index is -3.58. The van der Waals surface area contributed by atoms with Crippen molar-refractivity contribution >= 4 is 54.6 Å². The maximum Gasteiger partial charge on any atom is 0.271 e. The van der Waals surface area contributed by atoms with Crippen LogP contribution in [0.15, 0.2) is 32.3 Å². The van der Waals surface area contributed by atoms with Gasteiger partial charge in [0.2, 0.25) is 0 Å². The number of halogens is 2. The van der Waals surface area contributed by atoms with Crippen LogP contribution in [0.3, 0.4) is 0 Å². The van der Waals surface area contributed by atoms with E-state index in [1.165, 1.54) is 17.2 Å². The third-order valence-corrected chi connectivity index (χ3v) is 7.57. The van der Waals surface area contributed by atoms with E-state index in [0.29, 0.717) is 14.5 Å². The maximum absolute atomic E-state index is 12.3. The molecule has 0 saturated heterocycles. The number of nitrogens with one attached hydrogen (secondary N) is 1. The number of hydrogen-bond donors (Lipinski definition) is 1. The lowest BCUT2D eigenvalue weighted by Crippen LogP contribution is -2.11. The van der Waals surface area contributed by atoms with Crippen molar-refractivity contribution < 1.29 is 8.42 Å². The van der Waals surface area contributed by atoms with Crippen molar-refractivity contribution in [2.24, 2.45) is 0 Å². The molecule has 3 rings (SSSR count). The molecule has 0 aliphatic heterocycles. The Labute approximate surface area is 135 Å². The molecule has 7 heteroatoms. The fourth-order valence-corrected chi connectivity index (χ4v) is 5.75. The number of anilines is 1. The minimum Gasteiger partial charge on any atom is -0.279 e. The van der Waals surface area contributed by atoms with Gasteiger partial charge in [-0.15, -0.1) is 11.3 Å². The van der Waals surface area contributed by atoms with Gasteiger partial charge in [-0.3, -0.25) is 4.72 Å². The highest BCUT2D eigenvalue weighted by Crippen LogP contribution is 2.35. The number of fused-ring (bicyclic) bond motifs is 1. The standard InChI is InChI=1S/C13H11BrClNO2S2/c14-13-11(15)7-12(19-13)20(17,18)16-10-5-4-8-2-1-3-9(8)6-10/h4-7,16H,1-3H2. The van der Waals surface area contributed by atoms with Gasteiger partial charge in [0.15, 0.2) is 0 Å². The van der Waals surface area contributed by atoms with Crippen LogP contribution in [0.4, 0.5) is 5.69 Å². The predicted molar refractivity (Wildman–Crippen MR) is 86.3 cm³/mol. The number of rotatable bonds is 3. The first-order valence-corrected chi connectivity index (χ1v) is 9.52. The highest BCUT2D eigenvalue weighted by molar-refractivity contribution is 9.11. The second-order valence-corrected chi connectivity index (χ2v) is 9.32. The molecule has 0 atom stereocenters. The Morgan fingerprint density at radius 1 is 1.20 bits per heavy atom. The van der Waals surface area contributed by atoms with Crippen molar-refractivity contribution in [2.75, 3.05) is 4.72 Å². The van der Waals surface area contributed by atoms with Crippen LogP contribution in [0.25, 0.3) is 0 Å². The fraction of sp³-hybridized carbons (Fsp3) is 0.231. The molecule has 0 unspecified atom stereocenters. The summed E-state index contributed by atoms with van der Waals surface area (Å²) in [6, 6.07) is 7.18. The molecule has 0 radical (unpaired) electrons. The first-order chi connectivity index (χ1) is 9.45. The Morgan fingerprint density at radius 3 is 2.65 bits per heavy atom. The van der Waals surface area contributed by atoms with Crippen LogP contribution in [-0.2, 0) is 22.9 Å². The predicted octanol–water partition coefficient (Wildman–Crippen LogP) is 4.45. The van der Waals surface area contributed by atoms with E-state index in [9.17, 15) is 8.42 Å². The van der Waals surface area contributed by atoms with Crippen molar-refractivity contribution in [3.05, 3.63) is 44.2 Å². The van der Waals surface area contributed by atoms with Gasteiger partial charge in [-0.1, -0.05) is 17.7 Å². The van der Waals surface area contributed by atoms with E-state index in [2.05, 4.69) is 20.7 Å². The van der Waals surface area contributed by atoms with Gasteiger partial charge >= 0.3 is 0 Å². The second kappa shape index (κ2) is 5.33. The van der Waals surface area contributed by atoms with Gasteiger partial charge in [0.1, 0.15) is 4.21 Å². The minimum absolute atomic E-state index is 0.204. The molecule has 0 saturated carbocycles. The lowest BCUT2D eigenvalue weighted by Gasteiger charge is -2.08. The molecule has 0 bridgehead atoms. The van der Waals surface area contributed by atoms with Crippen LogP contribution in [0.1, 0.15) is 17.5 Å². The van der Waals surface area contributed by atoms with Crippen molar-refractivity contribution in [2.45, 2.75) is 23.5 Å². The number of benzene rings is 1. The summed E-state index contributed by atoms with van der Waals surface area (Å²) in [5.74, 6) is 0. The van der Waals surface area contributed by atoms with E-state index in [-0.39, 0.29) is 4.21 Å². The third kappa shape index (κ3) is 2.74. The topological polar surface area (TPSA) is 46.2 Å². The Balaban J connectivity index is 1.90. The lowest BCUT2D eigenvalue weighted by molar-refractivity contribution is 0.603. The Morgan fingerprint density at radius 2 is 1.95 bits per heavy atom. The van der Waals surface area contributed by atoms with Gasteiger partial charge in [0, 0.05) is 5.69 Å². The molecule has 106 valence electrons. The van der Waals surface area contributed by atoms with Gasteiger partial charge in [-0.05, 0) is 64.5 Å². The third-order valence-electron chi connectivity index (χ3n) is 3.24. The van der Waals surface area contributed by atoms with Crippen molar-refractivity contribution in [3.8, 4) is 0 Å². The average molecular weight is 393 g/mol. The summed E-state index contributed by atoms with van der Waals surface area (Å²) in [4.78, 5) is 0. The largest absolute Gasteiger partial charge is 0.279 e. The molecule has 20 heavy (non-hydrogen) atoms. The highest BCUT2D eigenvalue weighted by Gasteiger charge is 2.20. The molecular weight excluding hydrogens is 382 g/mol. The molecule has 1 aromatic heterocycles. The number of thiophene rings is 1. The first-order valence-electron chi connectivity index (χ1n) is 6.05. The molecule has 0 fully saturated rings. The monoisotopic (exact) mass is 391 g/mol. The summed E-state index contributed by atoms with van der Waals surface area (Å²) >= 11 is 10.2. The summed E-state index contributed by atoms with van der Waals surface area (Å²) in [6.07, 6.45) is 3.23. The van der Waals surface area contributed by atoms with E-state index in [1.807, 2.05) is 18.2 Å². The molecule has 1 aliphatic rings. The number of hydrogen-bond acceptors (Lipinski definition) is 3. The van der Waals surface area contributed by atoms with Crippen LogP contribution < -0.4 is 4.72 Å². The molecule has 1 N–H and O–H groups in total. The highest BCUT2D eigenvalue weighted by atomic mass is 79.9. The zero-order chi connectivity index (χ0) is 14.3. The van der Waals surface area contributed by atoms with Gasteiger partial charge in [-0.25, -0.2) is 8.42 Å². The van der Waals surface area contributed by atoms with Gasteiger partial charge in [-0.2, -0.15) is 0 Å². The zero-order valence-corrected chi connectivity index (χ0v) is 14.3. The quantitative estimate of drug-likeness (QED) is 0.838. The SMILES string of the molecule is O=S(=O)(Nc1ccc2c(c1)CCC2)c1cc(Cl)c(Br)s1. The average Bonchev–Trinajstić information content (AvgIpc) is 2.96. The van der Waals surface area contributed by atoms with Gasteiger partial charge in [0.05, 0.1) is 8.81 Å². The Hall–Kier alpha value is -0.560. The summed E-state index contributed by atoms with van der Waals surface area (Å²) in [5, 5.41) is 0.407. The summed E-state index contributed by atoms with van der Waals surface area (Å²) < 4.78 is 28.0. The van der Waals surface area contributed by atoms with Crippen molar-refractivity contribution in [3.63, 3.8) is 0 Å². The van der Waals surface area contributed by atoms with Crippen LogP contribution in [0.5, 0.6) is 0 Å². The summed E-state index contributed by atoms with van der Waals surface area (Å²) in [5.41, 5.74) is 3.15. The number of aryl methyl sites for hydroxylation is 2. The van der Waals surface area contributed by atoms with E-state index in [0.717, 1.165) is 30.6 Å². The summed E-state index contributed by atoms with van der Waals surface area (Å²) in [7, 11) is -3.58. The normalized spacial score (nSPS) is 14.3. The second-order valence-electron chi connectivity index (χ2n) is 4.63. The molecule has 0 spiro atoms. The van der Waals surface area contributed by atoms with Crippen molar-refractivity contribution in [1.82, 2.24) is 0 Å². The molecule has 1 heterocycles. The van der Waals surface area contributed by atoms with Gasteiger partial charge in [0.25, 0.3) is 10.0 Å². The van der Waals surface area contributed by atoms with E-state index >= 15 is 0 Å². The van der Waals surface area contributed by atoms with E-state index in [1.54, 1.807) is 0 Å². The van der Waals surface area contributed by atoms with Crippen molar-refractivity contribution in [1.29, 1.82) is 0 Å². The molecule has 0 amide bonds. The van der Waals surface area contributed by atoms with Crippen LogP contribution in [-0.4, -0.2) is 8.42 Å².